The zero-order valence-electron chi connectivity index (χ0n) is 14.1. The molecule has 21 heavy (non-hydrogen) atoms. The number of nitrogens with one attached hydrogen (secondary N) is 1. The molecule has 120 valence electrons. The van der Waals surface area contributed by atoms with Crippen LogP contribution in [0.15, 0.2) is 28.7 Å². The quantitative estimate of drug-likeness (QED) is 0.722. The fraction of sp³-hybridized carbons (Fsp3) is 0.667. The molecule has 0 bridgehead atoms. The van der Waals surface area contributed by atoms with Crippen LogP contribution in [0.1, 0.15) is 46.6 Å². The number of hydrogen-bond acceptors (Lipinski definition) is 2. The van der Waals surface area contributed by atoms with Gasteiger partial charge in [0.1, 0.15) is 0 Å². The molecule has 1 aromatic rings. The Kier molecular flexibility index (Phi) is 7.93. The highest BCUT2D eigenvalue weighted by atomic mass is 79.9. The summed E-state index contributed by atoms with van der Waals surface area (Å²) in [5, 5.41) is 3.63. The molecular weight excluding hydrogens is 326 g/mol. The number of hydrogen-bond donors (Lipinski definition) is 1. The van der Waals surface area contributed by atoms with E-state index >= 15 is 0 Å². The zero-order valence-corrected chi connectivity index (χ0v) is 15.7. The van der Waals surface area contributed by atoms with Crippen LogP contribution in [0.3, 0.4) is 0 Å². The summed E-state index contributed by atoms with van der Waals surface area (Å²) < 4.78 is 6.88. The van der Waals surface area contributed by atoms with Gasteiger partial charge in [0, 0.05) is 16.6 Å². The van der Waals surface area contributed by atoms with Gasteiger partial charge < -0.3 is 10.1 Å². The fourth-order valence-corrected chi connectivity index (χ4v) is 2.64. The molecule has 0 aromatic heterocycles. The second-order valence-corrected chi connectivity index (χ2v) is 7.95. The van der Waals surface area contributed by atoms with Crippen molar-refractivity contribution in [3.8, 4) is 0 Å². The highest BCUT2D eigenvalue weighted by Gasteiger charge is 2.15. The Balaban J connectivity index is 2.57. The molecule has 2 nitrogen and oxygen atoms in total. The molecule has 1 unspecified atom stereocenters. The van der Waals surface area contributed by atoms with Gasteiger partial charge in [0.05, 0.1) is 6.10 Å². The lowest BCUT2D eigenvalue weighted by molar-refractivity contribution is 0.0677. The first-order valence-corrected chi connectivity index (χ1v) is 8.66. The van der Waals surface area contributed by atoms with E-state index in [0.717, 1.165) is 30.5 Å². The molecule has 0 saturated heterocycles. The van der Waals surface area contributed by atoms with Crippen LogP contribution >= 0.6 is 15.9 Å². The van der Waals surface area contributed by atoms with Crippen LogP contribution in [0, 0.1) is 5.92 Å². The van der Waals surface area contributed by atoms with Gasteiger partial charge in [0.2, 0.25) is 0 Å². The summed E-state index contributed by atoms with van der Waals surface area (Å²) in [7, 11) is 0. The maximum Gasteiger partial charge on any atom is 0.0518 e. The van der Waals surface area contributed by atoms with Crippen LogP contribution in [0.25, 0.3) is 0 Å². The molecule has 1 aromatic carbocycles. The standard InChI is InChI=1S/C18H30BrNO/c1-14(2)21-10-9-16(13-20-18(3,4)5)11-15-7-6-8-17(19)12-15/h6-8,12,14,16,20H,9-11,13H2,1-5H3. The molecule has 0 heterocycles. The van der Waals surface area contributed by atoms with Gasteiger partial charge in [-0.05, 0) is 77.6 Å². The molecule has 3 heteroatoms. The van der Waals surface area contributed by atoms with Gasteiger partial charge in [-0.3, -0.25) is 0 Å². The maximum absolute atomic E-state index is 5.73. The molecule has 0 spiro atoms. The lowest BCUT2D eigenvalue weighted by atomic mass is 9.95. The first-order valence-electron chi connectivity index (χ1n) is 7.87. The normalized spacial score (nSPS) is 13.7. The molecule has 0 aliphatic rings. The van der Waals surface area contributed by atoms with Gasteiger partial charge in [-0.15, -0.1) is 0 Å². The predicted octanol–water partition coefficient (Wildman–Crippen LogP) is 4.81. The Morgan fingerprint density at radius 2 is 1.95 bits per heavy atom. The Labute approximate surface area is 138 Å². The van der Waals surface area contributed by atoms with Gasteiger partial charge in [0.25, 0.3) is 0 Å². The molecule has 0 amide bonds. The molecule has 1 atom stereocenters. The van der Waals surface area contributed by atoms with E-state index in [1.165, 1.54) is 5.56 Å². The van der Waals surface area contributed by atoms with E-state index < -0.39 is 0 Å². The second-order valence-electron chi connectivity index (χ2n) is 7.04. The van der Waals surface area contributed by atoms with Crippen molar-refractivity contribution in [3.63, 3.8) is 0 Å². The Bertz CT molecular complexity index is 412. The summed E-state index contributed by atoms with van der Waals surface area (Å²) in [5.74, 6) is 0.595. The van der Waals surface area contributed by atoms with Crippen LogP contribution < -0.4 is 5.32 Å². The van der Waals surface area contributed by atoms with Crippen molar-refractivity contribution < 1.29 is 4.74 Å². The van der Waals surface area contributed by atoms with Crippen molar-refractivity contribution >= 4 is 15.9 Å². The third-order valence-corrected chi connectivity index (χ3v) is 3.81. The first-order chi connectivity index (χ1) is 9.76. The molecule has 0 aliphatic carbocycles. The van der Waals surface area contributed by atoms with Crippen LogP contribution in [-0.4, -0.2) is 24.8 Å². The van der Waals surface area contributed by atoms with E-state index in [9.17, 15) is 0 Å². The van der Waals surface area contributed by atoms with Crippen LogP contribution in [0.2, 0.25) is 0 Å². The highest BCUT2D eigenvalue weighted by molar-refractivity contribution is 9.10. The van der Waals surface area contributed by atoms with E-state index in [4.69, 9.17) is 4.74 Å². The summed E-state index contributed by atoms with van der Waals surface area (Å²) >= 11 is 3.55. The van der Waals surface area contributed by atoms with Gasteiger partial charge >= 0.3 is 0 Å². The molecule has 0 saturated carbocycles. The van der Waals surface area contributed by atoms with Gasteiger partial charge in [-0.1, -0.05) is 28.1 Å². The predicted molar refractivity (Wildman–Crippen MR) is 94.8 cm³/mol. The average Bonchev–Trinajstić information content (AvgIpc) is 2.34. The molecule has 1 rings (SSSR count). The molecule has 0 aliphatic heterocycles. The third-order valence-electron chi connectivity index (χ3n) is 3.31. The van der Waals surface area contributed by atoms with Crippen molar-refractivity contribution in [2.45, 2.75) is 59.1 Å². The number of halogens is 1. The smallest absolute Gasteiger partial charge is 0.0518 e. The van der Waals surface area contributed by atoms with Crippen LogP contribution in [0.4, 0.5) is 0 Å². The van der Waals surface area contributed by atoms with Crippen molar-refractivity contribution in [1.82, 2.24) is 5.32 Å². The van der Waals surface area contributed by atoms with Crippen molar-refractivity contribution in [3.05, 3.63) is 34.3 Å². The Morgan fingerprint density at radius 3 is 2.52 bits per heavy atom. The van der Waals surface area contributed by atoms with Gasteiger partial charge in [-0.2, -0.15) is 0 Å². The van der Waals surface area contributed by atoms with E-state index in [-0.39, 0.29) is 5.54 Å². The topological polar surface area (TPSA) is 21.3 Å². The van der Waals surface area contributed by atoms with E-state index in [1.54, 1.807) is 0 Å². The van der Waals surface area contributed by atoms with Gasteiger partial charge in [0.15, 0.2) is 0 Å². The number of ether oxygens (including phenoxy) is 1. The maximum atomic E-state index is 5.73. The minimum absolute atomic E-state index is 0.161. The SMILES string of the molecule is CC(C)OCCC(CNC(C)(C)C)Cc1cccc(Br)c1. The van der Waals surface area contributed by atoms with Crippen LogP contribution in [-0.2, 0) is 11.2 Å². The van der Waals surface area contributed by atoms with Crippen molar-refractivity contribution in [2.24, 2.45) is 5.92 Å². The van der Waals surface area contributed by atoms with Crippen molar-refractivity contribution in [2.75, 3.05) is 13.2 Å². The highest BCUT2D eigenvalue weighted by Crippen LogP contribution is 2.18. The summed E-state index contributed by atoms with van der Waals surface area (Å²) in [6.07, 6.45) is 2.49. The van der Waals surface area contributed by atoms with Crippen LogP contribution in [0.5, 0.6) is 0 Å². The summed E-state index contributed by atoms with van der Waals surface area (Å²) in [4.78, 5) is 0. The minimum Gasteiger partial charge on any atom is -0.379 e. The fourth-order valence-electron chi connectivity index (χ4n) is 2.19. The molecular formula is C18H30BrNO. The monoisotopic (exact) mass is 355 g/mol. The Morgan fingerprint density at radius 1 is 1.24 bits per heavy atom. The zero-order chi connectivity index (χ0) is 15.9. The molecule has 0 radical (unpaired) electrons. The summed E-state index contributed by atoms with van der Waals surface area (Å²) in [5.41, 5.74) is 1.55. The summed E-state index contributed by atoms with van der Waals surface area (Å²) in [6.45, 7) is 12.7. The molecule has 1 N–H and O–H groups in total. The Hall–Kier alpha value is -0.380. The first kappa shape index (κ1) is 18.7. The van der Waals surface area contributed by atoms with E-state index in [1.807, 2.05) is 0 Å². The third kappa shape index (κ3) is 9.28. The lowest BCUT2D eigenvalue weighted by Gasteiger charge is -2.26. The summed E-state index contributed by atoms with van der Waals surface area (Å²) in [6, 6.07) is 8.61. The van der Waals surface area contributed by atoms with E-state index in [2.05, 4.69) is 80.1 Å². The molecule has 0 fully saturated rings. The lowest BCUT2D eigenvalue weighted by Crippen LogP contribution is -2.39. The average molecular weight is 356 g/mol. The second kappa shape index (κ2) is 8.92. The van der Waals surface area contributed by atoms with E-state index in [0.29, 0.717) is 12.0 Å². The number of rotatable bonds is 8. The number of benzene rings is 1. The largest absolute Gasteiger partial charge is 0.379 e. The minimum atomic E-state index is 0.161. The van der Waals surface area contributed by atoms with Crippen molar-refractivity contribution in [1.29, 1.82) is 0 Å². The van der Waals surface area contributed by atoms with Gasteiger partial charge in [-0.25, -0.2) is 0 Å².